The van der Waals surface area contributed by atoms with Crippen LogP contribution >= 0.6 is 0 Å². The first-order valence-corrected chi connectivity index (χ1v) is 15.5. The second-order valence-electron chi connectivity index (χ2n) is 12.9. The summed E-state index contributed by atoms with van der Waals surface area (Å²) in [7, 11) is 1.55. The third-order valence-electron chi connectivity index (χ3n) is 7.34. The lowest BCUT2D eigenvalue weighted by molar-refractivity contribution is -0.132. The third kappa shape index (κ3) is 9.95. The van der Waals surface area contributed by atoms with Gasteiger partial charge in [-0.3, -0.25) is 19.8 Å². The first kappa shape index (κ1) is 35.9. The first-order chi connectivity index (χ1) is 21.6. The molecule has 0 bridgehead atoms. The van der Waals surface area contributed by atoms with Gasteiger partial charge in [-0.15, -0.1) is 0 Å². The molecule has 0 fully saturated rings. The number of guanidine groups is 1. The summed E-state index contributed by atoms with van der Waals surface area (Å²) in [5.74, 6) is 0.180. The molecule has 0 aliphatic carbocycles. The van der Waals surface area contributed by atoms with E-state index in [1.807, 2.05) is 51.1 Å². The van der Waals surface area contributed by atoms with E-state index in [1.54, 1.807) is 52.1 Å². The Kier molecular flexibility index (Phi) is 12.2. The Morgan fingerprint density at radius 3 is 2.22 bits per heavy atom. The summed E-state index contributed by atoms with van der Waals surface area (Å²) < 4.78 is 10.6. The zero-order valence-electron chi connectivity index (χ0n) is 27.8. The molecule has 0 saturated carbocycles. The number of nitrogens with one attached hydrogen (secondary N) is 3. The van der Waals surface area contributed by atoms with Crippen LogP contribution in [0.25, 0.3) is 0 Å². The van der Waals surface area contributed by atoms with Crippen molar-refractivity contribution in [3.05, 3.63) is 65.7 Å². The van der Waals surface area contributed by atoms with E-state index in [0.29, 0.717) is 25.0 Å². The lowest BCUT2D eigenvalue weighted by Gasteiger charge is -2.28. The summed E-state index contributed by atoms with van der Waals surface area (Å²) >= 11 is 0. The summed E-state index contributed by atoms with van der Waals surface area (Å²) in [5, 5.41) is 17.2. The zero-order valence-corrected chi connectivity index (χ0v) is 27.8. The zero-order chi connectivity index (χ0) is 34.1. The van der Waals surface area contributed by atoms with Crippen molar-refractivity contribution in [3.63, 3.8) is 0 Å². The van der Waals surface area contributed by atoms with E-state index in [2.05, 4.69) is 16.0 Å². The first-order valence-electron chi connectivity index (χ1n) is 15.5. The van der Waals surface area contributed by atoms with Crippen molar-refractivity contribution in [1.82, 2.24) is 20.9 Å². The Labute approximate surface area is 270 Å². The maximum atomic E-state index is 14.2. The molecule has 3 atom stereocenters. The highest BCUT2D eigenvalue weighted by Gasteiger charge is 2.50. The summed E-state index contributed by atoms with van der Waals surface area (Å²) in [4.78, 5) is 57.9. The Morgan fingerprint density at radius 2 is 1.65 bits per heavy atom. The van der Waals surface area contributed by atoms with Crippen LogP contribution in [-0.2, 0) is 26.3 Å². The van der Waals surface area contributed by atoms with E-state index in [4.69, 9.17) is 14.5 Å². The average molecular weight is 638 g/mol. The standard InChI is InChI=1S/C34H47N5O7/c1-22(2)21-34(25-13-9-8-10-14-25)29(41)39(30(38-34)37-32(44)46-33(4,5)6)19-11-12-23(3)35-28(40)27(36-31(42)43)20-24-15-17-26(45-7)18-16-24/h8-10,13-18,22-23,27,36H,11-12,19-21H2,1-7H3,(H,35,40)(H,42,43)(H,37,38,44). The topological polar surface area (TPSA) is 159 Å². The van der Waals surface area contributed by atoms with Gasteiger partial charge in [-0.05, 0) is 76.1 Å². The van der Waals surface area contributed by atoms with Crippen LogP contribution in [0.4, 0.5) is 9.59 Å². The van der Waals surface area contributed by atoms with Crippen LogP contribution in [0.1, 0.15) is 71.9 Å². The van der Waals surface area contributed by atoms with Gasteiger partial charge < -0.3 is 25.2 Å². The van der Waals surface area contributed by atoms with Crippen molar-refractivity contribution in [3.8, 4) is 5.75 Å². The molecule has 4 amide bonds. The lowest BCUT2D eigenvalue weighted by atomic mass is 9.82. The molecule has 1 aliphatic rings. The average Bonchev–Trinajstić information content (AvgIpc) is 3.22. The molecule has 1 aliphatic heterocycles. The largest absolute Gasteiger partial charge is 0.497 e. The Balaban J connectivity index is 1.73. The summed E-state index contributed by atoms with van der Waals surface area (Å²) in [6.45, 7) is 11.3. The molecule has 46 heavy (non-hydrogen) atoms. The van der Waals surface area contributed by atoms with Crippen LogP contribution in [0, 0.1) is 5.92 Å². The van der Waals surface area contributed by atoms with Gasteiger partial charge in [0.25, 0.3) is 5.91 Å². The molecule has 3 unspecified atom stereocenters. The molecule has 3 rings (SSSR count). The van der Waals surface area contributed by atoms with Gasteiger partial charge in [0, 0.05) is 19.0 Å². The van der Waals surface area contributed by atoms with E-state index >= 15 is 0 Å². The predicted octanol–water partition coefficient (Wildman–Crippen LogP) is 4.82. The maximum absolute atomic E-state index is 14.2. The minimum atomic E-state index is -1.30. The number of nitrogens with zero attached hydrogens (tertiary/aromatic N) is 2. The normalized spacial score (nSPS) is 17.6. The highest BCUT2D eigenvalue weighted by molar-refractivity contribution is 6.11. The molecule has 4 N–H and O–H groups in total. The van der Waals surface area contributed by atoms with Crippen molar-refractivity contribution >= 4 is 30.0 Å². The molecular weight excluding hydrogens is 590 g/mol. The van der Waals surface area contributed by atoms with Crippen molar-refractivity contribution < 1.29 is 33.8 Å². The number of amides is 4. The number of carbonyl (C=O) groups excluding carboxylic acids is 3. The van der Waals surface area contributed by atoms with Crippen LogP contribution in [-0.4, -0.2) is 71.3 Å². The van der Waals surface area contributed by atoms with Crippen LogP contribution in [0.15, 0.2) is 59.6 Å². The van der Waals surface area contributed by atoms with Gasteiger partial charge in [-0.2, -0.15) is 0 Å². The molecule has 0 aromatic heterocycles. The fourth-order valence-electron chi connectivity index (χ4n) is 5.38. The van der Waals surface area contributed by atoms with E-state index in [-0.39, 0.29) is 36.8 Å². The Bertz CT molecular complexity index is 1390. The SMILES string of the molecule is COc1ccc(CC(NC(=O)O)C(=O)NC(C)CCCN2C(=O)C(CC(C)C)(c3ccccc3)N=C2NC(=O)OC(C)(C)C)cc1. The third-order valence-corrected chi connectivity index (χ3v) is 7.34. The van der Waals surface area contributed by atoms with E-state index in [0.717, 1.165) is 11.1 Å². The second kappa shape index (κ2) is 15.6. The minimum Gasteiger partial charge on any atom is -0.497 e. The smallest absolute Gasteiger partial charge is 0.414 e. The van der Waals surface area contributed by atoms with Gasteiger partial charge in [0.1, 0.15) is 17.4 Å². The second-order valence-corrected chi connectivity index (χ2v) is 12.9. The van der Waals surface area contributed by atoms with Gasteiger partial charge in [-0.25, -0.2) is 14.6 Å². The van der Waals surface area contributed by atoms with Crippen molar-refractivity contribution in [2.24, 2.45) is 10.9 Å². The number of hydrogen-bond donors (Lipinski definition) is 4. The van der Waals surface area contributed by atoms with Crippen LogP contribution < -0.4 is 20.7 Å². The number of hydrogen-bond acceptors (Lipinski definition) is 7. The summed E-state index contributed by atoms with van der Waals surface area (Å²) in [6, 6.07) is 15.0. The molecule has 2 aromatic carbocycles. The number of benzene rings is 2. The number of carbonyl (C=O) groups is 4. The molecule has 0 saturated heterocycles. The van der Waals surface area contributed by atoms with Gasteiger partial charge in [0.15, 0.2) is 5.54 Å². The number of aliphatic imine (C=N–C) groups is 1. The highest BCUT2D eigenvalue weighted by atomic mass is 16.6. The maximum Gasteiger partial charge on any atom is 0.414 e. The predicted molar refractivity (Wildman–Crippen MR) is 175 cm³/mol. The van der Waals surface area contributed by atoms with Crippen molar-refractivity contribution in [2.45, 2.75) is 90.4 Å². The molecule has 0 radical (unpaired) electrons. The van der Waals surface area contributed by atoms with Crippen LogP contribution in [0.2, 0.25) is 0 Å². The number of carboxylic acid groups (broad SMARTS) is 1. The van der Waals surface area contributed by atoms with Gasteiger partial charge in [-0.1, -0.05) is 56.3 Å². The van der Waals surface area contributed by atoms with E-state index in [9.17, 15) is 24.3 Å². The Morgan fingerprint density at radius 1 is 1.00 bits per heavy atom. The Hall–Kier alpha value is -4.61. The van der Waals surface area contributed by atoms with Crippen LogP contribution in [0.5, 0.6) is 5.75 Å². The number of rotatable bonds is 13. The van der Waals surface area contributed by atoms with Crippen molar-refractivity contribution in [1.29, 1.82) is 0 Å². The van der Waals surface area contributed by atoms with Crippen molar-refractivity contribution in [2.75, 3.05) is 13.7 Å². The number of alkyl carbamates (subject to hydrolysis) is 1. The van der Waals surface area contributed by atoms with Crippen LogP contribution in [0.3, 0.4) is 0 Å². The quantitative estimate of drug-likeness (QED) is 0.245. The number of ether oxygens (including phenoxy) is 2. The molecule has 250 valence electrons. The summed E-state index contributed by atoms with van der Waals surface area (Å²) in [6.07, 6.45) is -0.493. The molecule has 12 nitrogen and oxygen atoms in total. The minimum absolute atomic E-state index is 0.116. The number of methoxy groups -OCH3 is 1. The molecule has 1 heterocycles. The molecule has 12 heteroatoms. The van der Waals surface area contributed by atoms with E-state index < -0.39 is 35.3 Å². The fraction of sp³-hybridized carbons (Fsp3) is 0.500. The lowest BCUT2D eigenvalue weighted by Crippen LogP contribution is -2.50. The van der Waals surface area contributed by atoms with Gasteiger partial charge in [0.05, 0.1) is 7.11 Å². The highest BCUT2D eigenvalue weighted by Crippen LogP contribution is 2.39. The van der Waals surface area contributed by atoms with Gasteiger partial charge >= 0.3 is 12.2 Å². The molecule has 2 aromatic rings. The fourth-order valence-corrected chi connectivity index (χ4v) is 5.38. The molecular formula is C34H47N5O7. The summed E-state index contributed by atoms with van der Waals surface area (Å²) in [5.41, 5.74) is -0.464. The monoisotopic (exact) mass is 637 g/mol. The van der Waals surface area contributed by atoms with E-state index in [1.165, 1.54) is 4.90 Å². The van der Waals surface area contributed by atoms with Gasteiger partial charge in [0.2, 0.25) is 11.9 Å². The molecule has 0 spiro atoms.